The van der Waals surface area contributed by atoms with Gasteiger partial charge in [0.1, 0.15) is 23.6 Å². The smallest absolute Gasteiger partial charge is 0.327 e. The van der Waals surface area contributed by atoms with Crippen LogP contribution in [-0.4, -0.2) is 92.9 Å². The molecule has 1 unspecified atom stereocenters. The molecule has 2 fully saturated rings. The zero-order chi connectivity index (χ0) is 28.0. The average Bonchev–Trinajstić information content (AvgIpc) is 3.25. The quantitative estimate of drug-likeness (QED) is 0.172. The molecule has 0 aromatic rings. The lowest BCUT2D eigenvalue weighted by Crippen LogP contribution is -2.41. The summed E-state index contributed by atoms with van der Waals surface area (Å²) >= 11 is 10.3. The van der Waals surface area contributed by atoms with Crippen molar-refractivity contribution in [3.8, 4) is 0 Å². The van der Waals surface area contributed by atoms with E-state index < -0.39 is 0 Å². The Bertz CT molecular complexity index is 876. The number of imide groups is 1. The second-order valence-corrected chi connectivity index (χ2v) is 12.9. The number of nitrogens with zero attached hydrogens (tertiary/aromatic N) is 4. The molecule has 0 radical (unpaired) electrons. The Morgan fingerprint density at radius 3 is 1.89 bits per heavy atom. The Morgan fingerprint density at radius 2 is 1.43 bits per heavy atom. The van der Waals surface area contributed by atoms with Crippen molar-refractivity contribution in [2.24, 2.45) is 10.8 Å². The standard InChI is InChI=1S/C27H46N4O4S2/c1-7-28-16-22(34)30(24(28)35)18-26(3,4)14-12-20(32)10-9-11-21(33)13-15-27(5,6)19-31-23(36)17-29(8-2)25(31)37/h25,37H,7-19H2,1-6H3. The van der Waals surface area contributed by atoms with Gasteiger partial charge in [-0.3, -0.25) is 24.2 Å². The number of likely N-dealkylation sites (N-methyl/N-ethyl adjacent to an activating group) is 2. The lowest BCUT2D eigenvalue weighted by atomic mass is 9.85. The van der Waals surface area contributed by atoms with Crippen molar-refractivity contribution in [3.63, 3.8) is 0 Å². The Labute approximate surface area is 233 Å². The van der Waals surface area contributed by atoms with Gasteiger partial charge < -0.3 is 9.80 Å². The lowest BCUT2D eigenvalue weighted by molar-refractivity contribution is -0.126. The fraction of sp³-hybridized carbons (Fsp3) is 0.815. The van der Waals surface area contributed by atoms with Crippen LogP contribution in [0.2, 0.25) is 0 Å². The number of carbonyl (C=O) groups is 4. The van der Waals surface area contributed by atoms with Crippen LogP contribution in [0, 0.1) is 10.8 Å². The number of hydrogen-bond donors (Lipinski definition) is 1. The zero-order valence-electron chi connectivity index (χ0n) is 23.5. The number of Topliss-reactive ketones (excluding diaryl/α,β-unsaturated/α-hetero) is 2. The first kappa shape index (κ1) is 31.7. The summed E-state index contributed by atoms with van der Waals surface area (Å²) in [5.41, 5.74) is -0.423. The van der Waals surface area contributed by atoms with Gasteiger partial charge in [-0.05, 0) is 43.6 Å². The number of amides is 3. The van der Waals surface area contributed by atoms with E-state index in [9.17, 15) is 19.2 Å². The van der Waals surface area contributed by atoms with Gasteiger partial charge in [0, 0.05) is 45.3 Å². The summed E-state index contributed by atoms with van der Waals surface area (Å²) < 4.78 is 0. The van der Waals surface area contributed by atoms with Crippen molar-refractivity contribution in [2.45, 2.75) is 92.0 Å². The van der Waals surface area contributed by atoms with E-state index in [1.54, 1.807) is 0 Å². The molecule has 210 valence electrons. The van der Waals surface area contributed by atoms with E-state index >= 15 is 0 Å². The van der Waals surface area contributed by atoms with E-state index in [4.69, 9.17) is 24.8 Å². The topological polar surface area (TPSA) is 81.2 Å². The van der Waals surface area contributed by atoms with Gasteiger partial charge in [-0.15, -0.1) is 12.6 Å². The Kier molecular flexibility index (Phi) is 11.6. The number of carbonyl (C=O) groups excluding carboxylic acids is 4. The molecule has 0 aromatic heterocycles. The maximum atomic E-state index is 12.5. The summed E-state index contributed by atoms with van der Waals surface area (Å²) in [7, 11) is 0. The van der Waals surface area contributed by atoms with Crippen LogP contribution in [0.1, 0.15) is 86.5 Å². The van der Waals surface area contributed by atoms with Crippen molar-refractivity contribution in [3.05, 3.63) is 0 Å². The molecule has 10 heteroatoms. The van der Waals surface area contributed by atoms with Gasteiger partial charge in [-0.1, -0.05) is 46.8 Å². The molecular formula is C27H46N4O4S2. The molecule has 2 heterocycles. The first-order chi connectivity index (χ1) is 17.2. The van der Waals surface area contributed by atoms with E-state index in [0.29, 0.717) is 51.6 Å². The van der Waals surface area contributed by atoms with Crippen molar-refractivity contribution >= 4 is 53.3 Å². The van der Waals surface area contributed by atoms with Gasteiger partial charge in [-0.25, -0.2) is 4.79 Å². The predicted molar refractivity (Wildman–Crippen MR) is 154 cm³/mol. The molecule has 1 atom stereocenters. The Balaban J connectivity index is 1.67. The molecule has 0 spiro atoms. The highest BCUT2D eigenvalue weighted by Gasteiger charge is 2.38. The van der Waals surface area contributed by atoms with Gasteiger partial charge in [-0.2, -0.15) is 0 Å². The van der Waals surface area contributed by atoms with Gasteiger partial charge >= 0.3 is 6.03 Å². The van der Waals surface area contributed by atoms with E-state index in [2.05, 4.69) is 30.6 Å². The molecule has 2 aliphatic rings. The average molecular weight is 555 g/mol. The highest BCUT2D eigenvalue weighted by atomic mass is 32.1. The van der Waals surface area contributed by atoms with E-state index in [-0.39, 0.29) is 46.4 Å². The minimum Gasteiger partial charge on any atom is -0.340 e. The number of ketones is 2. The molecule has 37 heavy (non-hydrogen) atoms. The second-order valence-electron chi connectivity index (χ2n) is 12.0. The van der Waals surface area contributed by atoms with Crippen LogP contribution in [0.3, 0.4) is 0 Å². The second kappa shape index (κ2) is 13.5. The van der Waals surface area contributed by atoms with Crippen LogP contribution < -0.4 is 0 Å². The summed E-state index contributed by atoms with van der Waals surface area (Å²) in [4.78, 5) is 57.6. The van der Waals surface area contributed by atoms with E-state index in [1.807, 2.05) is 20.8 Å². The first-order valence-corrected chi connectivity index (χ1v) is 14.5. The molecular weight excluding hydrogens is 508 g/mol. The third-order valence-corrected chi connectivity index (χ3v) is 8.41. The normalized spacial score (nSPS) is 19.5. The fourth-order valence-electron chi connectivity index (χ4n) is 4.85. The maximum absolute atomic E-state index is 12.5. The minimum atomic E-state index is -0.343. The van der Waals surface area contributed by atoms with Crippen molar-refractivity contribution in [2.75, 3.05) is 39.3 Å². The molecule has 2 rings (SSSR count). The Morgan fingerprint density at radius 1 is 0.892 bits per heavy atom. The molecule has 3 amide bonds. The van der Waals surface area contributed by atoms with Crippen LogP contribution in [0.25, 0.3) is 0 Å². The molecule has 0 saturated carbocycles. The Hall–Kier alpha value is -1.52. The molecule has 0 aliphatic carbocycles. The van der Waals surface area contributed by atoms with Crippen molar-refractivity contribution < 1.29 is 19.2 Å². The highest BCUT2D eigenvalue weighted by molar-refractivity contribution is 7.82. The van der Waals surface area contributed by atoms with Crippen LogP contribution in [-0.2, 0) is 14.4 Å². The summed E-state index contributed by atoms with van der Waals surface area (Å²) in [6.45, 7) is 15.6. The lowest BCUT2D eigenvalue weighted by Gasteiger charge is -2.34. The van der Waals surface area contributed by atoms with Crippen LogP contribution in [0.5, 0.6) is 0 Å². The first-order valence-electron chi connectivity index (χ1n) is 13.5. The number of rotatable bonds is 16. The maximum Gasteiger partial charge on any atom is 0.327 e. The van der Waals surface area contributed by atoms with Gasteiger partial charge in [0.05, 0.1) is 11.5 Å². The van der Waals surface area contributed by atoms with Crippen LogP contribution >= 0.6 is 24.8 Å². The fourth-order valence-corrected chi connectivity index (χ4v) is 5.72. The number of hydrogen-bond acceptors (Lipinski definition) is 7. The number of thiocarbonyl (C=S) groups is 1. The number of thiol groups is 1. The van der Waals surface area contributed by atoms with E-state index in [1.165, 1.54) is 9.80 Å². The van der Waals surface area contributed by atoms with Crippen LogP contribution in [0.15, 0.2) is 0 Å². The van der Waals surface area contributed by atoms with Gasteiger partial charge in [0.2, 0.25) is 5.91 Å². The summed E-state index contributed by atoms with van der Waals surface area (Å²) in [6, 6.07) is -0.245. The largest absolute Gasteiger partial charge is 0.340 e. The highest BCUT2D eigenvalue weighted by Crippen LogP contribution is 2.30. The molecule has 0 bridgehead atoms. The summed E-state index contributed by atoms with van der Waals surface area (Å²) in [5, 5.41) is 0. The SMILES string of the molecule is CCN1CC(=O)N(CC(C)(C)CCC(=O)CCCC(=O)CCC(C)(C)CN2C(=S)CN(CC)C2S)C1=O. The number of urea groups is 1. The van der Waals surface area contributed by atoms with Gasteiger partial charge in [0.25, 0.3) is 0 Å². The third-order valence-electron chi connectivity index (χ3n) is 7.44. The van der Waals surface area contributed by atoms with Gasteiger partial charge in [0.15, 0.2) is 0 Å². The molecule has 0 aromatic carbocycles. The summed E-state index contributed by atoms with van der Waals surface area (Å²) in [6.07, 6.45) is 3.60. The third kappa shape index (κ3) is 9.32. The van der Waals surface area contributed by atoms with Crippen molar-refractivity contribution in [1.82, 2.24) is 19.6 Å². The molecule has 2 aliphatic heterocycles. The minimum absolute atomic E-state index is 0.00849. The zero-order valence-corrected chi connectivity index (χ0v) is 25.3. The van der Waals surface area contributed by atoms with Crippen LogP contribution in [0.4, 0.5) is 4.79 Å². The molecule has 0 N–H and O–H groups in total. The summed E-state index contributed by atoms with van der Waals surface area (Å²) in [5.74, 6) is 0.136. The predicted octanol–water partition coefficient (Wildman–Crippen LogP) is 4.37. The van der Waals surface area contributed by atoms with E-state index in [0.717, 1.165) is 31.0 Å². The molecule has 8 nitrogen and oxygen atoms in total. The molecule has 2 saturated heterocycles. The van der Waals surface area contributed by atoms with Crippen molar-refractivity contribution in [1.29, 1.82) is 0 Å². The monoisotopic (exact) mass is 554 g/mol.